The highest BCUT2D eigenvalue weighted by atomic mass is 19.1. The highest BCUT2D eigenvalue weighted by Gasteiger charge is 2.24. The molecule has 2 heterocycles. The largest absolute Gasteiger partial charge is 0.371 e. The van der Waals surface area contributed by atoms with Crippen LogP contribution in [0.1, 0.15) is 43.7 Å². The van der Waals surface area contributed by atoms with Crippen molar-refractivity contribution in [3.05, 3.63) is 59.5 Å². The van der Waals surface area contributed by atoms with E-state index < -0.39 is 0 Å². The molecule has 0 unspecified atom stereocenters. The smallest absolute Gasteiger partial charge is 0.257 e. The van der Waals surface area contributed by atoms with E-state index in [4.69, 9.17) is 0 Å². The first-order valence-electron chi connectivity index (χ1n) is 10.5. The Hall–Kier alpha value is -2.82. The van der Waals surface area contributed by atoms with E-state index in [1.165, 1.54) is 49.1 Å². The van der Waals surface area contributed by atoms with E-state index in [0.29, 0.717) is 16.8 Å². The van der Waals surface area contributed by atoms with Crippen molar-refractivity contribution < 1.29 is 9.18 Å². The Labute approximate surface area is 171 Å². The predicted octanol–water partition coefficient (Wildman–Crippen LogP) is 5.56. The van der Waals surface area contributed by atoms with Gasteiger partial charge in [-0.15, -0.1) is 0 Å². The van der Waals surface area contributed by atoms with Crippen LogP contribution in [0.4, 0.5) is 21.5 Å². The second kappa shape index (κ2) is 8.27. The summed E-state index contributed by atoms with van der Waals surface area (Å²) < 4.78 is 13.6. The highest BCUT2D eigenvalue weighted by Crippen LogP contribution is 2.33. The molecule has 29 heavy (non-hydrogen) atoms. The molecule has 4 rings (SSSR count). The number of hydrogen-bond acceptors (Lipinski definition) is 3. The molecular formula is C24H28FN3O. The van der Waals surface area contributed by atoms with Crippen LogP contribution in [0.2, 0.25) is 0 Å². The maximum atomic E-state index is 13.6. The Kier molecular flexibility index (Phi) is 5.56. The van der Waals surface area contributed by atoms with Gasteiger partial charge in [-0.05, 0) is 67.6 Å². The molecule has 2 aliphatic heterocycles. The van der Waals surface area contributed by atoms with Crippen molar-refractivity contribution in [1.82, 2.24) is 0 Å². The Balaban J connectivity index is 1.46. The summed E-state index contributed by atoms with van der Waals surface area (Å²) in [6.07, 6.45) is 6.81. The third-order valence-electron chi connectivity index (χ3n) is 6.00. The van der Waals surface area contributed by atoms with Crippen LogP contribution in [0, 0.1) is 18.7 Å². The van der Waals surface area contributed by atoms with Crippen molar-refractivity contribution >= 4 is 28.5 Å². The van der Waals surface area contributed by atoms with Crippen molar-refractivity contribution in [1.29, 1.82) is 0 Å². The zero-order chi connectivity index (χ0) is 20.4. The highest BCUT2D eigenvalue weighted by molar-refractivity contribution is 6.31. The van der Waals surface area contributed by atoms with Gasteiger partial charge >= 0.3 is 0 Å². The van der Waals surface area contributed by atoms with Gasteiger partial charge in [0, 0.05) is 41.9 Å². The average molecular weight is 394 g/mol. The van der Waals surface area contributed by atoms with E-state index in [0.717, 1.165) is 24.7 Å². The number of nitrogens with zero attached hydrogens (tertiary/aromatic N) is 1. The molecule has 0 spiro atoms. The molecular weight excluding hydrogens is 365 g/mol. The minimum Gasteiger partial charge on any atom is -0.371 e. The van der Waals surface area contributed by atoms with Gasteiger partial charge in [-0.1, -0.05) is 19.8 Å². The van der Waals surface area contributed by atoms with Gasteiger partial charge in [0.1, 0.15) is 5.82 Å². The van der Waals surface area contributed by atoms with Crippen molar-refractivity contribution in [2.24, 2.45) is 5.92 Å². The maximum Gasteiger partial charge on any atom is 0.257 e. The number of fused-ring (bicyclic) bond motifs is 1. The Bertz CT molecular complexity index is 945. The molecule has 0 atom stereocenters. The summed E-state index contributed by atoms with van der Waals surface area (Å²) in [5.41, 5.74) is 5.08. The monoisotopic (exact) mass is 393 g/mol. The quantitative estimate of drug-likeness (QED) is 0.654. The normalized spacial score (nSPS) is 18.1. The third kappa shape index (κ3) is 4.14. The number of amides is 1. The minimum atomic E-state index is -0.353. The first kappa shape index (κ1) is 19.5. The van der Waals surface area contributed by atoms with Crippen LogP contribution in [-0.2, 0) is 4.79 Å². The minimum absolute atomic E-state index is 0.221. The number of benzene rings is 2. The molecule has 0 aliphatic carbocycles. The standard InChI is InChI=1S/C24H28FN3O/c1-3-4-17-9-11-28(12-10-17)23-8-6-19(13-16(23)2)26-15-21-20-14-18(25)5-7-22(20)27-24(21)29/h5-8,13-15,17,26H,3-4,9-12H2,1-2H3,(H,27,29). The van der Waals surface area contributed by atoms with E-state index >= 15 is 0 Å². The molecule has 1 saturated heterocycles. The van der Waals surface area contributed by atoms with Gasteiger partial charge in [-0.25, -0.2) is 4.39 Å². The number of anilines is 3. The van der Waals surface area contributed by atoms with Gasteiger partial charge < -0.3 is 15.5 Å². The first-order chi connectivity index (χ1) is 14.0. The molecule has 5 heteroatoms. The van der Waals surface area contributed by atoms with Crippen LogP contribution in [0.15, 0.2) is 42.6 Å². The summed E-state index contributed by atoms with van der Waals surface area (Å²) >= 11 is 0. The number of carbonyl (C=O) groups is 1. The lowest BCUT2D eigenvalue weighted by Crippen LogP contribution is -2.34. The Morgan fingerprint density at radius 2 is 2.00 bits per heavy atom. The molecule has 1 fully saturated rings. The fraction of sp³-hybridized carbons (Fsp3) is 0.375. The van der Waals surface area contributed by atoms with Crippen molar-refractivity contribution in [3.63, 3.8) is 0 Å². The van der Waals surface area contributed by atoms with Gasteiger partial charge in [-0.3, -0.25) is 4.79 Å². The second-order valence-corrected chi connectivity index (χ2v) is 8.07. The van der Waals surface area contributed by atoms with Crippen LogP contribution in [0.5, 0.6) is 0 Å². The fourth-order valence-corrected chi connectivity index (χ4v) is 4.43. The third-order valence-corrected chi connectivity index (χ3v) is 6.00. The van der Waals surface area contributed by atoms with Crippen molar-refractivity contribution in [3.8, 4) is 0 Å². The molecule has 1 amide bonds. The molecule has 0 aromatic heterocycles. The molecule has 2 aliphatic rings. The average Bonchev–Trinajstić information content (AvgIpc) is 3.02. The summed E-state index contributed by atoms with van der Waals surface area (Å²) in [7, 11) is 0. The Morgan fingerprint density at radius 3 is 2.72 bits per heavy atom. The molecule has 0 bridgehead atoms. The SMILES string of the molecule is CCCC1CCN(c2ccc(NC=C3C(=O)Nc4ccc(F)cc43)cc2C)CC1. The summed E-state index contributed by atoms with van der Waals surface area (Å²) in [6, 6.07) is 10.6. The molecule has 0 saturated carbocycles. The summed E-state index contributed by atoms with van der Waals surface area (Å²) in [4.78, 5) is 14.7. The number of rotatable bonds is 5. The van der Waals surface area contributed by atoms with Gasteiger partial charge in [-0.2, -0.15) is 0 Å². The first-order valence-corrected chi connectivity index (χ1v) is 10.5. The number of hydrogen-bond donors (Lipinski definition) is 2. The second-order valence-electron chi connectivity index (χ2n) is 8.07. The number of halogens is 1. The summed E-state index contributed by atoms with van der Waals surface area (Å²) in [5, 5.41) is 5.97. The fourth-order valence-electron chi connectivity index (χ4n) is 4.43. The van der Waals surface area contributed by atoms with E-state index in [1.807, 2.05) is 6.07 Å². The number of nitrogens with one attached hydrogen (secondary N) is 2. The molecule has 2 N–H and O–H groups in total. The van der Waals surface area contributed by atoms with Crippen LogP contribution in [0.25, 0.3) is 5.57 Å². The van der Waals surface area contributed by atoms with E-state index in [9.17, 15) is 9.18 Å². The Morgan fingerprint density at radius 1 is 1.21 bits per heavy atom. The molecule has 152 valence electrons. The predicted molar refractivity (Wildman–Crippen MR) is 118 cm³/mol. The lowest BCUT2D eigenvalue weighted by molar-refractivity contribution is -0.110. The number of aryl methyl sites for hydroxylation is 1. The van der Waals surface area contributed by atoms with Gasteiger partial charge in [0.2, 0.25) is 0 Å². The molecule has 2 aromatic rings. The lowest BCUT2D eigenvalue weighted by atomic mass is 9.92. The van der Waals surface area contributed by atoms with Crippen LogP contribution >= 0.6 is 0 Å². The van der Waals surface area contributed by atoms with Gasteiger partial charge in [0.25, 0.3) is 5.91 Å². The molecule has 2 aromatic carbocycles. The molecule has 0 radical (unpaired) electrons. The summed E-state index contributed by atoms with van der Waals surface area (Å²) in [6.45, 7) is 6.62. The molecule has 4 nitrogen and oxygen atoms in total. The van der Waals surface area contributed by atoms with Crippen LogP contribution in [0.3, 0.4) is 0 Å². The number of carbonyl (C=O) groups excluding carboxylic acids is 1. The van der Waals surface area contributed by atoms with Gasteiger partial charge in [0.15, 0.2) is 0 Å². The van der Waals surface area contributed by atoms with Crippen molar-refractivity contribution in [2.45, 2.75) is 39.5 Å². The van der Waals surface area contributed by atoms with Gasteiger partial charge in [0.05, 0.1) is 5.57 Å². The number of piperidine rings is 1. The topological polar surface area (TPSA) is 44.4 Å². The van der Waals surface area contributed by atoms with Crippen LogP contribution < -0.4 is 15.5 Å². The summed E-state index contributed by atoms with van der Waals surface area (Å²) in [5.74, 6) is 0.296. The van der Waals surface area contributed by atoms with Crippen LogP contribution in [-0.4, -0.2) is 19.0 Å². The van der Waals surface area contributed by atoms with E-state index in [1.54, 1.807) is 12.3 Å². The zero-order valence-corrected chi connectivity index (χ0v) is 17.1. The maximum absolute atomic E-state index is 13.6. The van der Waals surface area contributed by atoms with E-state index in [2.05, 4.69) is 41.5 Å². The zero-order valence-electron chi connectivity index (χ0n) is 17.1. The van der Waals surface area contributed by atoms with E-state index in [-0.39, 0.29) is 11.7 Å². The van der Waals surface area contributed by atoms with Crippen molar-refractivity contribution in [2.75, 3.05) is 28.6 Å². The lowest BCUT2D eigenvalue weighted by Gasteiger charge is -2.34.